The maximum atomic E-state index is 9.01. The maximum absolute atomic E-state index is 9.01. The number of anilines is 2. The van der Waals surface area contributed by atoms with E-state index in [4.69, 9.17) is 14.7 Å². The van der Waals surface area contributed by atoms with Gasteiger partial charge >= 0.3 is 0 Å². The number of aromatic nitrogens is 5. The number of hydrogen-bond acceptors (Lipinski definition) is 8. The van der Waals surface area contributed by atoms with Crippen LogP contribution in [0.15, 0.2) is 43.0 Å². The topological polar surface area (TPSA) is 111 Å². The molecule has 4 aromatic heterocycles. The fourth-order valence-electron chi connectivity index (χ4n) is 3.35. The zero-order valence-electron chi connectivity index (χ0n) is 17.0. The first-order valence-corrected chi connectivity index (χ1v) is 9.82. The molecule has 1 unspecified atom stereocenters. The molecule has 4 aromatic rings. The van der Waals surface area contributed by atoms with Crippen LogP contribution in [0.4, 0.5) is 11.5 Å². The van der Waals surface area contributed by atoms with Crippen molar-refractivity contribution in [2.24, 2.45) is 7.05 Å². The van der Waals surface area contributed by atoms with E-state index in [9.17, 15) is 0 Å². The first-order chi connectivity index (χ1) is 15.1. The molecule has 1 fully saturated rings. The summed E-state index contributed by atoms with van der Waals surface area (Å²) < 4.78 is 13.3. The second-order valence-electron chi connectivity index (χ2n) is 7.33. The smallest absolute Gasteiger partial charge is 0.223 e. The van der Waals surface area contributed by atoms with E-state index in [1.165, 1.54) is 6.20 Å². The van der Waals surface area contributed by atoms with E-state index in [0.717, 1.165) is 29.8 Å². The van der Waals surface area contributed by atoms with Gasteiger partial charge in [-0.05, 0) is 30.2 Å². The van der Waals surface area contributed by atoms with Gasteiger partial charge in [-0.3, -0.25) is 0 Å². The number of aryl methyl sites for hydroxylation is 2. The number of hydrogen-bond donors (Lipinski definition) is 1. The van der Waals surface area contributed by atoms with Crippen molar-refractivity contribution in [2.75, 3.05) is 11.9 Å². The van der Waals surface area contributed by atoms with Crippen LogP contribution in [0.5, 0.6) is 11.6 Å². The molecule has 154 valence electrons. The van der Waals surface area contributed by atoms with E-state index in [2.05, 4.69) is 25.3 Å². The van der Waals surface area contributed by atoms with Gasteiger partial charge in [-0.15, -0.1) is 0 Å². The van der Waals surface area contributed by atoms with Crippen molar-refractivity contribution >= 4 is 22.7 Å². The quantitative estimate of drug-likeness (QED) is 0.524. The van der Waals surface area contributed by atoms with Gasteiger partial charge in [0.05, 0.1) is 30.9 Å². The zero-order valence-corrected chi connectivity index (χ0v) is 17.0. The summed E-state index contributed by atoms with van der Waals surface area (Å²) in [5.74, 6) is 1.60. The number of nitriles is 1. The average Bonchev–Trinajstić information content (AvgIpc) is 3.11. The lowest BCUT2D eigenvalue weighted by Crippen LogP contribution is -2.18. The molecule has 9 heteroatoms. The van der Waals surface area contributed by atoms with Crippen molar-refractivity contribution in [3.63, 3.8) is 0 Å². The molecule has 1 aliphatic rings. The molecule has 0 aliphatic carbocycles. The van der Waals surface area contributed by atoms with E-state index in [1.54, 1.807) is 18.5 Å². The van der Waals surface area contributed by atoms with Crippen LogP contribution >= 0.6 is 0 Å². The largest absolute Gasteiger partial charge is 0.437 e. The lowest BCUT2D eigenvalue weighted by molar-refractivity contribution is -0.0528. The van der Waals surface area contributed by atoms with Gasteiger partial charge in [0.2, 0.25) is 5.88 Å². The Hall–Kier alpha value is -4.03. The monoisotopic (exact) mass is 413 g/mol. The molecule has 0 saturated carbocycles. The highest BCUT2D eigenvalue weighted by atomic mass is 16.5. The Morgan fingerprint density at radius 1 is 1.23 bits per heavy atom. The van der Waals surface area contributed by atoms with Crippen LogP contribution in [0.25, 0.3) is 11.2 Å². The van der Waals surface area contributed by atoms with Crippen molar-refractivity contribution in [3.8, 4) is 17.7 Å². The molecule has 0 bridgehead atoms. The summed E-state index contributed by atoms with van der Waals surface area (Å²) in [6, 6.07) is 9.40. The Kier molecular flexibility index (Phi) is 4.69. The minimum absolute atomic E-state index is 0.147. The predicted octanol–water partition coefficient (Wildman–Crippen LogP) is 3.94. The molecular weight excluding hydrogens is 394 g/mol. The van der Waals surface area contributed by atoms with Crippen LogP contribution in [0, 0.1) is 18.3 Å². The summed E-state index contributed by atoms with van der Waals surface area (Å²) in [4.78, 5) is 17.6. The molecule has 5 heterocycles. The molecule has 0 amide bonds. The third-order valence-corrected chi connectivity index (χ3v) is 5.16. The number of fused-ring (bicyclic) bond motifs is 1. The van der Waals surface area contributed by atoms with Gasteiger partial charge in [0.1, 0.15) is 23.1 Å². The van der Waals surface area contributed by atoms with Crippen LogP contribution < -0.4 is 10.1 Å². The van der Waals surface area contributed by atoms with Gasteiger partial charge in [-0.25, -0.2) is 15.0 Å². The summed E-state index contributed by atoms with van der Waals surface area (Å²) in [5.41, 5.74) is 4.30. The third-order valence-electron chi connectivity index (χ3n) is 5.16. The lowest BCUT2D eigenvalue weighted by atomic mass is 10.1. The number of rotatable bonds is 5. The van der Waals surface area contributed by atoms with E-state index < -0.39 is 0 Å². The van der Waals surface area contributed by atoms with Crippen LogP contribution in [-0.2, 0) is 11.8 Å². The van der Waals surface area contributed by atoms with Gasteiger partial charge in [-0.1, -0.05) is 6.07 Å². The fraction of sp³-hybridized carbons (Fsp3) is 0.227. The first kappa shape index (κ1) is 19.0. The Morgan fingerprint density at radius 3 is 2.77 bits per heavy atom. The molecule has 9 nitrogen and oxygen atoms in total. The molecule has 5 rings (SSSR count). The minimum atomic E-state index is 0.147. The molecule has 31 heavy (non-hydrogen) atoms. The molecule has 1 atom stereocenters. The van der Waals surface area contributed by atoms with Crippen molar-refractivity contribution in [1.82, 2.24) is 24.5 Å². The summed E-state index contributed by atoms with van der Waals surface area (Å²) in [7, 11) is 1.87. The third kappa shape index (κ3) is 3.65. The number of imidazole rings is 1. The molecule has 1 saturated heterocycles. The highest BCUT2D eigenvalue weighted by molar-refractivity contribution is 5.88. The first-order valence-electron chi connectivity index (χ1n) is 9.82. The summed E-state index contributed by atoms with van der Waals surface area (Å²) >= 11 is 0. The van der Waals surface area contributed by atoms with Crippen molar-refractivity contribution in [2.45, 2.75) is 19.4 Å². The van der Waals surface area contributed by atoms with Gasteiger partial charge in [0.25, 0.3) is 0 Å². The second-order valence-corrected chi connectivity index (χ2v) is 7.33. The fourth-order valence-corrected chi connectivity index (χ4v) is 3.35. The number of nitrogens with zero attached hydrogens (tertiary/aromatic N) is 6. The molecule has 1 N–H and O–H groups in total. The summed E-state index contributed by atoms with van der Waals surface area (Å²) in [6.07, 6.45) is 6.23. The van der Waals surface area contributed by atoms with Gasteiger partial charge < -0.3 is 19.4 Å². The maximum Gasteiger partial charge on any atom is 0.223 e. The van der Waals surface area contributed by atoms with Crippen molar-refractivity contribution in [3.05, 3.63) is 59.8 Å². The summed E-state index contributed by atoms with van der Waals surface area (Å²) in [5, 5.41) is 12.3. The van der Waals surface area contributed by atoms with Gasteiger partial charge in [0.15, 0.2) is 11.4 Å². The molecule has 0 radical (unpaired) electrons. The minimum Gasteiger partial charge on any atom is -0.437 e. The Morgan fingerprint density at radius 2 is 2.10 bits per heavy atom. The van der Waals surface area contributed by atoms with E-state index in [1.807, 2.05) is 42.9 Å². The number of pyridine rings is 3. The molecule has 0 aromatic carbocycles. The van der Waals surface area contributed by atoms with Crippen molar-refractivity contribution in [1.29, 1.82) is 5.26 Å². The SMILES string of the molecule is Cc1cc(C#N)ncc1Oc1cc(Nc2ccc(C3CCO3)cn2)c2ncn(C)c2n1. The van der Waals surface area contributed by atoms with E-state index >= 15 is 0 Å². The lowest BCUT2D eigenvalue weighted by Gasteiger charge is -2.26. The van der Waals surface area contributed by atoms with Crippen molar-refractivity contribution < 1.29 is 9.47 Å². The van der Waals surface area contributed by atoms with Gasteiger partial charge in [0, 0.05) is 25.7 Å². The number of ether oxygens (including phenoxy) is 2. The Balaban J connectivity index is 1.47. The molecule has 1 aliphatic heterocycles. The normalized spacial score (nSPS) is 15.3. The highest BCUT2D eigenvalue weighted by Gasteiger charge is 2.20. The van der Waals surface area contributed by atoms with Crippen LogP contribution in [0.3, 0.4) is 0 Å². The summed E-state index contributed by atoms with van der Waals surface area (Å²) in [6.45, 7) is 2.66. The highest BCUT2D eigenvalue weighted by Crippen LogP contribution is 2.32. The van der Waals surface area contributed by atoms with E-state index in [0.29, 0.717) is 34.3 Å². The van der Waals surface area contributed by atoms with Gasteiger partial charge in [-0.2, -0.15) is 10.2 Å². The average molecular weight is 413 g/mol. The molecule has 0 spiro atoms. The van der Waals surface area contributed by atoms with Crippen LogP contribution in [-0.4, -0.2) is 31.1 Å². The second kappa shape index (κ2) is 7.66. The number of nitrogens with one attached hydrogen (secondary N) is 1. The molecular formula is C22H19N7O2. The Labute approximate surface area is 178 Å². The zero-order chi connectivity index (χ0) is 21.4. The standard InChI is InChI=1S/C22H19N7O2/c1-13-7-15(9-23)24-11-18(13)31-20-8-16(21-22(28-20)29(2)12-26-21)27-19-4-3-14(10-25-19)17-5-6-30-17/h3-4,7-8,10-12,17H,5-6H2,1-2H3,(H,25,27,28). The van der Waals surface area contributed by atoms with E-state index in [-0.39, 0.29) is 6.10 Å². The van der Waals surface area contributed by atoms with Crippen LogP contribution in [0.1, 0.15) is 29.3 Å². The predicted molar refractivity (Wildman–Crippen MR) is 113 cm³/mol. The van der Waals surface area contributed by atoms with Crippen LogP contribution in [0.2, 0.25) is 0 Å². The Bertz CT molecular complexity index is 1300.